The Morgan fingerprint density at radius 3 is 2.60 bits per heavy atom. The summed E-state index contributed by atoms with van der Waals surface area (Å²) in [6.07, 6.45) is 9.34. The maximum absolute atomic E-state index is 13.9. The Morgan fingerprint density at radius 2 is 1.93 bits per heavy atom. The molecule has 4 aromatic rings. The number of ketones is 1. The molecule has 6 rings (SSSR count). The van der Waals surface area contributed by atoms with Crippen molar-refractivity contribution in [3.63, 3.8) is 0 Å². The van der Waals surface area contributed by atoms with Crippen LogP contribution in [0.4, 0.5) is 5.82 Å². The van der Waals surface area contributed by atoms with Crippen molar-refractivity contribution in [3.05, 3.63) is 70.6 Å². The van der Waals surface area contributed by atoms with Crippen molar-refractivity contribution in [3.8, 4) is 11.3 Å². The number of nitrogens with one attached hydrogen (secondary N) is 1. The van der Waals surface area contributed by atoms with E-state index in [0.717, 1.165) is 5.56 Å². The Labute approximate surface area is 255 Å². The molecule has 1 saturated heterocycles. The monoisotopic (exact) mass is 644 g/mol. The van der Waals surface area contributed by atoms with Crippen molar-refractivity contribution in [1.29, 1.82) is 0 Å². The van der Waals surface area contributed by atoms with Crippen LogP contribution in [0.25, 0.3) is 22.2 Å². The van der Waals surface area contributed by atoms with Crippen molar-refractivity contribution in [2.75, 3.05) is 12.4 Å². The van der Waals surface area contributed by atoms with Crippen LogP contribution in [0.15, 0.2) is 53.5 Å². The Hall–Kier alpha value is -4.36. The number of pyridine rings is 2. The molecule has 5 heterocycles. The van der Waals surface area contributed by atoms with Gasteiger partial charge in [-0.05, 0) is 47.0 Å². The fourth-order valence-corrected chi connectivity index (χ4v) is 6.02. The number of hydrogen-bond acceptors (Lipinski definition) is 9. The highest BCUT2D eigenvalue weighted by Gasteiger charge is 2.55. The lowest BCUT2D eigenvalue weighted by molar-refractivity contribution is -0.139. The first-order valence-corrected chi connectivity index (χ1v) is 14.5. The maximum Gasteiger partial charge on any atom is 0.248 e. The zero-order chi connectivity index (χ0) is 30.5. The van der Waals surface area contributed by atoms with E-state index in [4.69, 9.17) is 4.74 Å². The Balaban J connectivity index is 1.29. The van der Waals surface area contributed by atoms with Gasteiger partial charge in [0.15, 0.2) is 11.6 Å². The molecule has 0 radical (unpaired) electrons. The smallest absolute Gasteiger partial charge is 0.248 e. The number of anilines is 1. The quantitative estimate of drug-likeness (QED) is 0.171. The van der Waals surface area contributed by atoms with Gasteiger partial charge in [-0.15, -0.1) is 0 Å². The van der Waals surface area contributed by atoms with E-state index in [1.54, 1.807) is 42.7 Å². The van der Waals surface area contributed by atoms with Crippen LogP contribution in [-0.4, -0.2) is 71.4 Å². The standard InChI is InChI=1S/C30H29BrN8O4/c1-16-5-6-24(31)35-28(16)36-29(42)21-10-30(3)8-7-23(30)39(21)26(41)14-38-22-13-32-20(9-19(22)27(37-38)17(2)40)18-11-33-25(15-43-4)34-12-18/h5-9,11-13,21,23H,10,14-15H2,1-4H3,(H,35,36,42)/t21-,23+,30+/m0/s1. The molecule has 43 heavy (non-hydrogen) atoms. The average Bonchev–Trinajstić information content (AvgIpc) is 3.43. The average molecular weight is 646 g/mol. The summed E-state index contributed by atoms with van der Waals surface area (Å²) in [5, 5.41) is 7.98. The normalized spacial score (nSPS) is 20.6. The van der Waals surface area contributed by atoms with E-state index in [1.165, 1.54) is 11.6 Å². The second-order valence-electron chi connectivity index (χ2n) is 11.1. The lowest BCUT2D eigenvalue weighted by Crippen LogP contribution is -2.50. The third kappa shape index (κ3) is 5.23. The Kier molecular flexibility index (Phi) is 7.38. The lowest BCUT2D eigenvalue weighted by Gasteiger charge is -2.38. The van der Waals surface area contributed by atoms with Crippen LogP contribution in [0.3, 0.4) is 0 Å². The minimum Gasteiger partial charge on any atom is -0.377 e. The zero-order valence-electron chi connectivity index (χ0n) is 24.0. The molecule has 1 aliphatic heterocycles. The number of hydrogen-bond donors (Lipinski definition) is 1. The van der Waals surface area contributed by atoms with Crippen molar-refractivity contribution >= 4 is 50.2 Å². The van der Waals surface area contributed by atoms with Crippen molar-refractivity contribution in [2.24, 2.45) is 5.41 Å². The molecule has 2 amide bonds. The fourth-order valence-electron chi connectivity index (χ4n) is 5.71. The van der Waals surface area contributed by atoms with Crippen molar-refractivity contribution in [1.82, 2.24) is 34.6 Å². The molecule has 13 heteroatoms. The first-order valence-electron chi connectivity index (χ1n) is 13.7. The van der Waals surface area contributed by atoms with Gasteiger partial charge in [0.2, 0.25) is 11.8 Å². The number of nitrogens with zero attached hydrogens (tertiary/aromatic N) is 7. The van der Waals surface area contributed by atoms with Gasteiger partial charge < -0.3 is 15.0 Å². The van der Waals surface area contributed by atoms with E-state index in [1.807, 2.05) is 32.1 Å². The highest BCUT2D eigenvalue weighted by atomic mass is 79.9. The maximum atomic E-state index is 13.9. The van der Waals surface area contributed by atoms with Gasteiger partial charge in [0.1, 0.15) is 35.3 Å². The minimum atomic E-state index is -0.711. The molecule has 0 bridgehead atoms. The van der Waals surface area contributed by atoms with Gasteiger partial charge in [-0.1, -0.05) is 25.1 Å². The number of aromatic nitrogens is 6. The summed E-state index contributed by atoms with van der Waals surface area (Å²) in [5.41, 5.74) is 2.48. The van der Waals surface area contributed by atoms with Crippen LogP contribution < -0.4 is 5.32 Å². The SMILES string of the molecule is COCc1ncc(-c2cc3c(C(C)=O)nn(CC(=O)N4[C@H](C(=O)Nc5nc(Br)ccc5C)C[C@@]5(C)C=C[C@@H]45)c3cn2)cn1. The van der Waals surface area contributed by atoms with Gasteiger partial charge in [0, 0.05) is 42.8 Å². The summed E-state index contributed by atoms with van der Waals surface area (Å²) in [6, 6.07) is 4.47. The van der Waals surface area contributed by atoms with E-state index in [9.17, 15) is 14.4 Å². The van der Waals surface area contributed by atoms with Crippen molar-refractivity contribution in [2.45, 2.75) is 52.4 Å². The second-order valence-corrected chi connectivity index (χ2v) is 11.9. The number of aryl methyl sites for hydroxylation is 1. The summed E-state index contributed by atoms with van der Waals surface area (Å²) < 4.78 is 7.15. The Morgan fingerprint density at radius 1 is 1.16 bits per heavy atom. The first-order chi connectivity index (χ1) is 20.6. The third-order valence-corrected chi connectivity index (χ3v) is 8.47. The molecule has 0 saturated carbocycles. The van der Waals surface area contributed by atoms with E-state index in [0.29, 0.717) is 44.8 Å². The lowest BCUT2D eigenvalue weighted by atomic mass is 9.73. The highest BCUT2D eigenvalue weighted by Crippen LogP contribution is 2.49. The molecule has 3 atom stereocenters. The number of amides is 2. The molecule has 4 aromatic heterocycles. The Bertz CT molecular complexity index is 1800. The number of Topliss-reactive ketones (excluding diaryl/α,β-unsaturated/α-hetero) is 1. The van der Waals surface area contributed by atoms with Crippen LogP contribution in [0.1, 0.15) is 42.1 Å². The van der Waals surface area contributed by atoms with E-state index >= 15 is 0 Å². The van der Waals surface area contributed by atoms with Gasteiger partial charge in [-0.3, -0.25) is 24.0 Å². The summed E-state index contributed by atoms with van der Waals surface area (Å²) in [7, 11) is 1.57. The molecule has 0 spiro atoms. The van der Waals surface area contributed by atoms with E-state index in [-0.39, 0.29) is 47.9 Å². The topological polar surface area (TPSA) is 145 Å². The molecule has 1 aliphatic carbocycles. The van der Waals surface area contributed by atoms with Gasteiger partial charge in [-0.2, -0.15) is 5.10 Å². The molecular weight excluding hydrogens is 616 g/mol. The van der Waals surface area contributed by atoms with Crippen LogP contribution >= 0.6 is 15.9 Å². The molecule has 1 fully saturated rings. The van der Waals surface area contributed by atoms with Crippen LogP contribution in [0.2, 0.25) is 0 Å². The molecule has 12 nitrogen and oxygen atoms in total. The van der Waals surface area contributed by atoms with Gasteiger partial charge >= 0.3 is 0 Å². The third-order valence-electron chi connectivity index (χ3n) is 8.03. The van der Waals surface area contributed by atoms with Crippen LogP contribution in [-0.2, 0) is 27.5 Å². The van der Waals surface area contributed by atoms with Gasteiger partial charge in [-0.25, -0.2) is 15.0 Å². The number of ether oxygens (including phenoxy) is 1. The van der Waals surface area contributed by atoms with Crippen molar-refractivity contribution < 1.29 is 19.1 Å². The number of halogens is 1. The summed E-state index contributed by atoms with van der Waals surface area (Å²) in [6.45, 7) is 5.45. The zero-order valence-corrected chi connectivity index (χ0v) is 25.6. The molecule has 1 N–H and O–H groups in total. The van der Waals surface area contributed by atoms with E-state index < -0.39 is 6.04 Å². The largest absolute Gasteiger partial charge is 0.377 e. The predicted molar refractivity (Wildman–Crippen MR) is 161 cm³/mol. The first kappa shape index (κ1) is 28.7. The number of likely N-dealkylation sites (tertiary alicyclic amines) is 1. The van der Waals surface area contributed by atoms with E-state index in [2.05, 4.69) is 46.3 Å². The van der Waals surface area contributed by atoms with Gasteiger partial charge in [0.05, 0.1) is 23.4 Å². The van der Waals surface area contributed by atoms with Crippen LogP contribution in [0, 0.1) is 12.3 Å². The second kappa shape index (κ2) is 11.0. The minimum absolute atomic E-state index is 0.169. The summed E-state index contributed by atoms with van der Waals surface area (Å²) in [4.78, 5) is 59.2. The van der Waals surface area contributed by atoms with Crippen LogP contribution in [0.5, 0.6) is 0 Å². The highest BCUT2D eigenvalue weighted by molar-refractivity contribution is 9.10. The molecule has 0 aromatic carbocycles. The number of carbonyl (C=O) groups is 3. The predicted octanol–water partition coefficient (Wildman–Crippen LogP) is 3.89. The van der Waals surface area contributed by atoms with Gasteiger partial charge in [0.25, 0.3) is 0 Å². The number of fused-ring (bicyclic) bond motifs is 2. The fraction of sp³-hybridized carbons (Fsp3) is 0.333. The summed E-state index contributed by atoms with van der Waals surface area (Å²) in [5.74, 6) is 0.137. The molecule has 2 aliphatic rings. The number of carbonyl (C=O) groups excluding carboxylic acids is 3. The summed E-state index contributed by atoms with van der Waals surface area (Å²) >= 11 is 3.35. The number of rotatable bonds is 8. The molecular formula is C30H29BrN8O4. The molecule has 220 valence electrons. The molecule has 0 unspecified atom stereocenters. The number of methoxy groups -OCH3 is 1.